The van der Waals surface area contributed by atoms with Crippen LogP contribution in [0.25, 0.3) is 0 Å². The lowest BCUT2D eigenvalue weighted by atomic mass is 9.91. The average molecular weight is 606 g/mol. The van der Waals surface area contributed by atoms with Crippen molar-refractivity contribution >= 4 is 11.6 Å². The Morgan fingerprint density at radius 3 is 0.837 bits per heavy atom. The molecule has 0 aromatic carbocycles. The van der Waals surface area contributed by atoms with Crippen LogP contribution in [0.3, 0.4) is 0 Å². The van der Waals surface area contributed by atoms with Gasteiger partial charge in [0.2, 0.25) is 0 Å². The van der Waals surface area contributed by atoms with Gasteiger partial charge in [-0.15, -0.1) is 0 Å². The molecule has 0 aliphatic heterocycles. The van der Waals surface area contributed by atoms with Crippen LogP contribution in [-0.2, 0) is 9.59 Å². The van der Waals surface area contributed by atoms with Gasteiger partial charge in [-0.25, -0.2) is 0 Å². The SMILES string of the molecule is CCCCCCCCCCCCCCCCCC(=O)C(CNCC)C(=O)CCCCCCCCCCCCCCCCC. The topological polar surface area (TPSA) is 46.2 Å². The van der Waals surface area contributed by atoms with Gasteiger partial charge in [-0.1, -0.05) is 201 Å². The first-order chi connectivity index (χ1) is 21.2. The molecule has 0 rings (SSSR count). The molecular formula is C40H79NO2. The van der Waals surface area contributed by atoms with Crippen LogP contribution in [0, 0.1) is 5.92 Å². The summed E-state index contributed by atoms with van der Waals surface area (Å²) in [6, 6.07) is 0. The summed E-state index contributed by atoms with van der Waals surface area (Å²) >= 11 is 0. The highest BCUT2D eigenvalue weighted by atomic mass is 16.1. The normalized spacial score (nSPS) is 11.5. The van der Waals surface area contributed by atoms with Gasteiger partial charge >= 0.3 is 0 Å². The van der Waals surface area contributed by atoms with Crippen LogP contribution >= 0.6 is 0 Å². The van der Waals surface area contributed by atoms with Crippen LogP contribution < -0.4 is 5.32 Å². The molecule has 0 saturated heterocycles. The first-order valence-electron chi connectivity index (χ1n) is 19.9. The maximum atomic E-state index is 12.9. The van der Waals surface area contributed by atoms with E-state index in [1.165, 1.54) is 167 Å². The Morgan fingerprint density at radius 1 is 0.372 bits per heavy atom. The highest BCUT2D eigenvalue weighted by molar-refractivity contribution is 6.02. The summed E-state index contributed by atoms with van der Waals surface area (Å²) in [5.41, 5.74) is 0. The first kappa shape index (κ1) is 42.3. The van der Waals surface area contributed by atoms with E-state index in [9.17, 15) is 9.59 Å². The standard InChI is InChI=1S/C40H79NO2/c1-4-7-9-11-13-15-17-19-21-23-25-27-29-31-33-35-39(42)38(37-41-6-3)40(43)36-34-32-30-28-26-24-22-20-18-16-14-12-10-8-5-2/h38,41H,4-37H2,1-3H3. The second-order valence-electron chi connectivity index (χ2n) is 13.7. The molecule has 0 aromatic heterocycles. The molecule has 3 nitrogen and oxygen atoms in total. The van der Waals surface area contributed by atoms with Gasteiger partial charge < -0.3 is 5.32 Å². The molecule has 0 aliphatic rings. The third-order valence-corrected chi connectivity index (χ3v) is 9.43. The maximum absolute atomic E-state index is 12.9. The second-order valence-corrected chi connectivity index (χ2v) is 13.7. The second kappa shape index (κ2) is 35.8. The fraction of sp³-hybridized carbons (Fsp3) is 0.950. The number of unbranched alkanes of at least 4 members (excludes halogenated alkanes) is 28. The highest BCUT2D eigenvalue weighted by Crippen LogP contribution is 2.17. The lowest BCUT2D eigenvalue weighted by molar-refractivity contribution is -0.132. The van der Waals surface area contributed by atoms with Crippen LogP contribution in [0.4, 0.5) is 0 Å². The van der Waals surface area contributed by atoms with Crippen molar-refractivity contribution in [3.05, 3.63) is 0 Å². The summed E-state index contributed by atoms with van der Waals surface area (Å²) in [6.45, 7) is 7.97. The van der Waals surface area contributed by atoms with Crippen molar-refractivity contribution < 1.29 is 9.59 Å². The molecule has 0 spiro atoms. The summed E-state index contributed by atoms with van der Waals surface area (Å²) in [4.78, 5) is 25.8. The predicted octanol–water partition coefficient (Wildman–Crippen LogP) is 12.9. The zero-order valence-corrected chi connectivity index (χ0v) is 29.9. The van der Waals surface area contributed by atoms with Crippen molar-refractivity contribution in [3.8, 4) is 0 Å². The van der Waals surface area contributed by atoms with Gasteiger partial charge in [0, 0.05) is 19.4 Å². The first-order valence-corrected chi connectivity index (χ1v) is 19.9. The molecule has 0 heterocycles. The van der Waals surface area contributed by atoms with E-state index in [0.717, 1.165) is 32.2 Å². The van der Waals surface area contributed by atoms with Gasteiger partial charge in [0.15, 0.2) is 0 Å². The third-order valence-electron chi connectivity index (χ3n) is 9.43. The summed E-state index contributed by atoms with van der Waals surface area (Å²) in [5, 5.41) is 3.28. The number of hydrogen-bond donors (Lipinski definition) is 1. The molecule has 0 unspecified atom stereocenters. The van der Waals surface area contributed by atoms with Gasteiger partial charge in [-0.2, -0.15) is 0 Å². The predicted molar refractivity (Wildman–Crippen MR) is 191 cm³/mol. The van der Waals surface area contributed by atoms with Crippen molar-refractivity contribution in [1.82, 2.24) is 5.32 Å². The van der Waals surface area contributed by atoms with Crippen molar-refractivity contribution in [2.45, 2.75) is 226 Å². The quantitative estimate of drug-likeness (QED) is 0.0566. The van der Waals surface area contributed by atoms with E-state index in [1.54, 1.807) is 0 Å². The fourth-order valence-electron chi connectivity index (χ4n) is 6.39. The van der Waals surface area contributed by atoms with E-state index in [4.69, 9.17) is 0 Å². The summed E-state index contributed by atoms with van der Waals surface area (Å²) in [7, 11) is 0. The highest BCUT2D eigenvalue weighted by Gasteiger charge is 2.24. The zero-order chi connectivity index (χ0) is 31.5. The number of Topliss-reactive ketones (excluding diaryl/α,β-unsaturated/α-hetero) is 2. The monoisotopic (exact) mass is 606 g/mol. The number of rotatable bonds is 37. The average Bonchev–Trinajstić information content (AvgIpc) is 3.01. The van der Waals surface area contributed by atoms with E-state index in [1.807, 2.05) is 0 Å². The van der Waals surface area contributed by atoms with Gasteiger partial charge in [0.05, 0.1) is 5.92 Å². The van der Waals surface area contributed by atoms with E-state index in [-0.39, 0.29) is 11.6 Å². The Morgan fingerprint density at radius 2 is 0.605 bits per heavy atom. The molecule has 0 fully saturated rings. The molecule has 256 valence electrons. The van der Waals surface area contributed by atoms with E-state index < -0.39 is 5.92 Å². The summed E-state index contributed by atoms with van der Waals surface area (Å²) in [6.07, 6.45) is 41.1. The van der Waals surface area contributed by atoms with Crippen LogP contribution in [0.5, 0.6) is 0 Å². The number of nitrogens with one attached hydrogen (secondary N) is 1. The number of carbonyl (C=O) groups excluding carboxylic acids is 2. The molecule has 0 saturated carbocycles. The Labute approximate surface area is 271 Å². The Hall–Kier alpha value is -0.700. The molecule has 0 radical (unpaired) electrons. The van der Waals surface area contributed by atoms with Gasteiger partial charge in [-0.3, -0.25) is 9.59 Å². The van der Waals surface area contributed by atoms with Crippen LogP contribution in [0.2, 0.25) is 0 Å². The minimum atomic E-state index is -0.418. The summed E-state index contributed by atoms with van der Waals surface area (Å²) < 4.78 is 0. The minimum absolute atomic E-state index is 0.182. The molecule has 0 bridgehead atoms. The van der Waals surface area contributed by atoms with Crippen molar-refractivity contribution in [2.24, 2.45) is 5.92 Å². The molecule has 3 heteroatoms. The van der Waals surface area contributed by atoms with Crippen molar-refractivity contribution in [1.29, 1.82) is 0 Å². The Kier molecular flexibility index (Phi) is 35.2. The lowest BCUT2D eigenvalue weighted by Crippen LogP contribution is -2.34. The molecule has 0 aromatic rings. The minimum Gasteiger partial charge on any atom is -0.316 e. The molecule has 43 heavy (non-hydrogen) atoms. The van der Waals surface area contributed by atoms with E-state index in [0.29, 0.717) is 19.4 Å². The van der Waals surface area contributed by atoms with Crippen LogP contribution in [-0.4, -0.2) is 24.7 Å². The number of ketones is 2. The number of hydrogen-bond acceptors (Lipinski definition) is 3. The third kappa shape index (κ3) is 31.1. The Balaban J connectivity index is 3.73. The zero-order valence-electron chi connectivity index (χ0n) is 29.9. The van der Waals surface area contributed by atoms with Crippen LogP contribution in [0.15, 0.2) is 0 Å². The maximum Gasteiger partial charge on any atom is 0.144 e. The van der Waals surface area contributed by atoms with Crippen LogP contribution in [0.1, 0.15) is 226 Å². The molecular weight excluding hydrogens is 526 g/mol. The smallest absolute Gasteiger partial charge is 0.144 e. The van der Waals surface area contributed by atoms with Crippen molar-refractivity contribution in [2.75, 3.05) is 13.1 Å². The molecule has 1 N–H and O–H groups in total. The van der Waals surface area contributed by atoms with Gasteiger partial charge in [0.25, 0.3) is 0 Å². The van der Waals surface area contributed by atoms with E-state index >= 15 is 0 Å². The largest absolute Gasteiger partial charge is 0.316 e. The van der Waals surface area contributed by atoms with Gasteiger partial charge in [-0.05, 0) is 19.4 Å². The van der Waals surface area contributed by atoms with E-state index in [2.05, 4.69) is 26.1 Å². The van der Waals surface area contributed by atoms with Gasteiger partial charge in [0.1, 0.15) is 11.6 Å². The Bertz CT molecular complexity index is 529. The van der Waals surface area contributed by atoms with Crippen molar-refractivity contribution in [3.63, 3.8) is 0 Å². The summed E-state index contributed by atoms with van der Waals surface area (Å²) in [5.74, 6) is -0.0542. The fourth-order valence-corrected chi connectivity index (χ4v) is 6.39. The number of carbonyl (C=O) groups is 2. The molecule has 0 atom stereocenters. The lowest BCUT2D eigenvalue weighted by Gasteiger charge is -2.15. The molecule has 0 aliphatic carbocycles. The molecule has 0 amide bonds.